The van der Waals surface area contributed by atoms with Crippen LogP contribution in [0.5, 0.6) is 0 Å². The molecule has 3 amide bonds. The van der Waals surface area contributed by atoms with E-state index in [0.29, 0.717) is 19.0 Å². The molecule has 1 unspecified atom stereocenters. The van der Waals surface area contributed by atoms with E-state index in [9.17, 15) is 9.59 Å². The first-order valence-electron chi connectivity index (χ1n) is 7.32. The molecule has 0 aromatic heterocycles. The van der Waals surface area contributed by atoms with E-state index >= 15 is 0 Å². The molecule has 1 aliphatic carbocycles. The van der Waals surface area contributed by atoms with Crippen molar-refractivity contribution in [3.05, 3.63) is 0 Å². The molecular formula is C14H27N3O2. The topological polar surface area (TPSA) is 70.2 Å². The molecule has 1 atom stereocenters. The number of urea groups is 1. The van der Waals surface area contributed by atoms with E-state index in [0.717, 1.165) is 25.7 Å². The predicted octanol–water partition coefficient (Wildman–Crippen LogP) is 1.64. The molecule has 0 aromatic rings. The third-order valence-corrected chi connectivity index (χ3v) is 3.79. The molecule has 110 valence electrons. The van der Waals surface area contributed by atoms with Gasteiger partial charge in [0, 0.05) is 25.0 Å². The summed E-state index contributed by atoms with van der Waals surface area (Å²) in [7, 11) is 0. The second-order valence-electron chi connectivity index (χ2n) is 5.71. The van der Waals surface area contributed by atoms with Crippen LogP contribution in [0.3, 0.4) is 0 Å². The highest BCUT2D eigenvalue weighted by molar-refractivity contribution is 5.79. The average molecular weight is 269 g/mol. The van der Waals surface area contributed by atoms with Gasteiger partial charge >= 0.3 is 6.03 Å². The summed E-state index contributed by atoms with van der Waals surface area (Å²) in [5, 5.41) is 8.48. The van der Waals surface area contributed by atoms with Gasteiger partial charge in [0.05, 0.1) is 0 Å². The summed E-state index contributed by atoms with van der Waals surface area (Å²) in [4.78, 5) is 23.2. The molecule has 1 rings (SSSR count). The van der Waals surface area contributed by atoms with E-state index < -0.39 is 0 Å². The van der Waals surface area contributed by atoms with Crippen molar-refractivity contribution in [1.82, 2.24) is 16.0 Å². The summed E-state index contributed by atoms with van der Waals surface area (Å²) in [6.45, 7) is 7.07. The summed E-state index contributed by atoms with van der Waals surface area (Å²) in [5.74, 6) is 0.734. The van der Waals surface area contributed by atoms with Gasteiger partial charge in [-0.25, -0.2) is 4.79 Å². The van der Waals surface area contributed by atoms with Gasteiger partial charge in [0.2, 0.25) is 5.91 Å². The van der Waals surface area contributed by atoms with Gasteiger partial charge in [-0.2, -0.15) is 0 Å². The van der Waals surface area contributed by atoms with Gasteiger partial charge in [0.25, 0.3) is 0 Å². The van der Waals surface area contributed by atoms with E-state index in [-0.39, 0.29) is 23.9 Å². The number of hydrogen-bond acceptors (Lipinski definition) is 2. The zero-order valence-corrected chi connectivity index (χ0v) is 12.3. The summed E-state index contributed by atoms with van der Waals surface area (Å²) >= 11 is 0. The number of nitrogens with one attached hydrogen (secondary N) is 3. The maximum absolute atomic E-state index is 11.7. The highest BCUT2D eigenvalue weighted by Crippen LogP contribution is 2.24. The summed E-state index contributed by atoms with van der Waals surface area (Å²) in [6, 6.07) is -0.0237. The first-order chi connectivity index (χ1) is 9.00. The Morgan fingerprint density at radius 2 is 1.63 bits per heavy atom. The van der Waals surface area contributed by atoms with Gasteiger partial charge in [-0.1, -0.05) is 26.7 Å². The van der Waals surface area contributed by atoms with Gasteiger partial charge in [-0.15, -0.1) is 0 Å². The summed E-state index contributed by atoms with van der Waals surface area (Å²) in [5.41, 5.74) is 0. The Labute approximate surface area is 115 Å². The normalized spacial score (nSPS) is 17.3. The van der Waals surface area contributed by atoms with Gasteiger partial charge in [-0.3, -0.25) is 4.79 Å². The van der Waals surface area contributed by atoms with Crippen molar-refractivity contribution >= 4 is 11.9 Å². The van der Waals surface area contributed by atoms with Crippen molar-refractivity contribution in [3.63, 3.8) is 0 Å². The molecule has 0 saturated heterocycles. The quantitative estimate of drug-likeness (QED) is 0.641. The Balaban J connectivity index is 2.06. The Morgan fingerprint density at radius 3 is 2.21 bits per heavy atom. The lowest BCUT2D eigenvalue weighted by molar-refractivity contribution is -0.124. The van der Waals surface area contributed by atoms with Crippen LogP contribution in [-0.4, -0.2) is 31.1 Å². The highest BCUT2D eigenvalue weighted by atomic mass is 16.2. The van der Waals surface area contributed by atoms with Crippen molar-refractivity contribution in [2.75, 3.05) is 13.1 Å². The van der Waals surface area contributed by atoms with Gasteiger partial charge in [-0.05, 0) is 25.7 Å². The third-order valence-electron chi connectivity index (χ3n) is 3.79. The molecule has 19 heavy (non-hydrogen) atoms. The molecule has 0 aliphatic heterocycles. The van der Waals surface area contributed by atoms with Crippen LogP contribution in [0.25, 0.3) is 0 Å². The second-order valence-corrected chi connectivity index (χ2v) is 5.71. The lowest BCUT2D eigenvalue weighted by Crippen LogP contribution is -2.45. The third kappa shape index (κ3) is 5.94. The number of carbonyl (C=O) groups excluding carboxylic acids is 2. The zero-order chi connectivity index (χ0) is 14.3. The van der Waals surface area contributed by atoms with E-state index in [1.54, 1.807) is 0 Å². The van der Waals surface area contributed by atoms with Crippen LogP contribution in [0.4, 0.5) is 4.79 Å². The fourth-order valence-electron chi connectivity index (χ4n) is 2.12. The molecule has 0 heterocycles. The fourth-order valence-corrected chi connectivity index (χ4v) is 2.12. The molecule has 3 N–H and O–H groups in total. The predicted molar refractivity (Wildman–Crippen MR) is 75.8 cm³/mol. The Hall–Kier alpha value is -1.26. The minimum Gasteiger partial charge on any atom is -0.354 e. The smallest absolute Gasteiger partial charge is 0.315 e. The minimum atomic E-state index is -0.170. The van der Waals surface area contributed by atoms with Crippen molar-refractivity contribution in [3.8, 4) is 0 Å². The monoisotopic (exact) mass is 269 g/mol. The molecule has 1 fully saturated rings. The lowest BCUT2D eigenvalue weighted by atomic mass is 10.1. The number of carbonyl (C=O) groups is 2. The van der Waals surface area contributed by atoms with Crippen LogP contribution in [0, 0.1) is 11.8 Å². The van der Waals surface area contributed by atoms with Crippen molar-refractivity contribution < 1.29 is 9.59 Å². The maximum atomic E-state index is 11.7. The van der Waals surface area contributed by atoms with E-state index in [1.165, 1.54) is 0 Å². The van der Waals surface area contributed by atoms with Crippen LogP contribution < -0.4 is 16.0 Å². The molecule has 1 aliphatic rings. The Morgan fingerprint density at radius 1 is 1.05 bits per heavy atom. The van der Waals surface area contributed by atoms with Crippen molar-refractivity contribution in [1.29, 1.82) is 0 Å². The van der Waals surface area contributed by atoms with E-state index in [4.69, 9.17) is 0 Å². The second kappa shape index (κ2) is 8.02. The SMILES string of the molecule is CC(C)C(C)NC(=O)NCCNC(=O)C1CCCC1. The van der Waals surface area contributed by atoms with Crippen LogP contribution in [0.1, 0.15) is 46.5 Å². The summed E-state index contributed by atoms with van der Waals surface area (Å²) < 4.78 is 0. The summed E-state index contributed by atoms with van der Waals surface area (Å²) in [6.07, 6.45) is 4.33. The molecule has 0 bridgehead atoms. The molecule has 5 heteroatoms. The molecule has 0 aromatic carbocycles. The van der Waals surface area contributed by atoms with Crippen LogP contribution in [0.15, 0.2) is 0 Å². The molecule has 1 saturated carbocycles. The van der Waals surface area contributed by atoms with E-state index in [2.05, 4.69) is 29.8 Å². The maximum Gasteiger partial charge on any atom is 0.315 e. The number of hydrogen-bond donors (Lipinski definition) is 3. The molecular weight excluding hydrogens is 242 g/mol. The van der Waals surface area contributed by atoms with Gasteiger partial charge in [0.1, 0.15) is 0 Å². The van der Waals surface area contributed by atoms with Crippen LogP contribution >= 0.6 is 0 Å². The fraction of sp³-hybridized carbons (Fsp3) is 0.857. The molecule has 0 radical (unpaired) electrons. The number of amides is 3. The lowest BCUT2D eigenvalue weighted by Gasteiger charge is -2.18. The molecule has 5 nitrogen and oxygen atoms in total. The Kier molecular flexibility index (Phi) is 6.67. The first-order valence-corrected chi connectivity index (χ1v) is 7.32. The van der Waals surface area contributed by atoms with Gasteiger partial charge in [0.15, 0.2) is 0 Å². The van der Waals surface area contributed by atoms with Crippen LogP contribution in [0.2, 0.25) is 0 Å². The van der Waals surface area contributed by atoms with E-state index in [1.807, 2.05) is 6.92 Å². The zero-order valence-electron chi connectivity index (χ0n) is 12.3. The standard InChI is InChI=1S/C14H27N3O2/c1-10(2)11(3)17-14(19)16-9-8-15-13(18)12-6-4-5-7-12/h10-12H,4-9H2,1-3H3,(H,15,18)(H2,16,17,19). The largest absolute Gasteiger partial charge is 0.354 e. The Bertz CT molecular complexity index is 299. The highest BCUT2D eigenvalue weighted by Gasteiger charge is 2.21. The van der Waals surface area contributed by atoms with Crippen molar-refractivity contribution in [2.45, 2.75) is 52.5 Å². The van der Waals surface area contributed by atoms with Crippen molar-refractivity contribution in [2.24, 2.45) is 11.8 Å². The number of rotatable bonds is 6. The first kappa shape index (κ1) is 15.8. The minimum absolute atomic E-state index is 0.134. The van der Waals surface area contributed by atoms with Gasteiger partial charge < -0.3 is 16.0 Å². The molecule has 0 spiro atoms. The van der Waals surface area contributed by atoms with Crippen LogP contribution in [-0.2, 0) is 4.79 Å². The average Bonchev–Trinajstić information content (AvgIpc) is 2.88.